The van der Waals surface area contributed by atoms with Crippen molar-refractivity contribution >= 4 is 40.9 Å². The third kappa shape index (κ3) is 8.64. The van der Waals surface area contributed by atoms with Gasteiger partial charge in [0.15, 0.2) is 0 Å². The maximum Gasteiger partial charge on any atom is 0.335 e. The van der Waals surface area contributed by atoms with Crippen molar-refractivity contribution in [2.24, 2.45) is 10.2 Å². The van der Waals surface area contributed by atoms with Gasteiger partial charge < -0.3 is 34.9 Å². The summed E-state index contributed by atoms with van der Waals surface area (Å²) in [5.74, 6) is -3.33. The lowest BCUT2D eigenvalue weighted by atomic mass is 10.1. The van der Waals surface area contributed by atoms with Gasteiger partial charge in [-0.25, -0.2) is 9.59 Å². The summed E-state index contributed by atoms with van der Waals surface area (Å²) in [6.07, 6.45) is 0. The Balaban J connectivity index is 2.36. The van der Waals surface area contributed by atoms with Crippen LogP contribution in [0.25, 0.3) is 0 Å². The van der Waals surface area contributed by atoms with Gasteiger partial charge in [-0.3, -0.25) is 9.59 Å². The SMILES string of the molecule is CC(=O)OCCOc1cc(N=Nc2cc(C(=O)O)cc(C(=O)O)c2)c(OCCOC(C)=O)cc1N. The Morgan fingerprint density at radius 3 is 1.74 bits per heavy atom. The van der Waals surface area contributed by atoms with Gasteiger partial charge in [0.2, 0.25) is 0 Å². The van der Waals surface area contributed by atoms with Crippen LogP contribution >= 0.6 is 0 Å². The standard InChI is InChI=1S/C22H23N3O10/c1-12(26)32-3-5-34-19-11-18(20(10-17(19)23)35-6-4-33-13(2)27)25-24-16-8-14(21(28)29)7-15(9-16)22(30)31/h7-11H,3-6,23H2,1-2H3,(H,28,29)(H,30,31). The molecule has 0 spiro atoms. The average molecular weight is 489 g/mol. The number of nitrogen functional groups attached to an aromatic ring is 1. The largest absolute Gasteiger partial charge is 0.488 e. The number of rotatable bonds is 12. The fourth-order valence-electron chi connectivity index (χ4n) is 2.59. The molecule has 0 amide bonds. The van der Waals surface area contributed by atoms with Crippen molar-refractivity contribution in [2.75, 3.05) is 32.2 Å². The van der Waals surface area contributed by atoms with Crippen LogP contribution in [0.2, 0.25) is 0 Å². The lowest BCUT2D eigenvalue weighted by Crippen LogP contribution is -2.11. The molecule has 0 bridgehead atoms. The summed E-state index contributed by atoms with van der Waals surface area (Å²) >= 11 is 0. The minimum atomic E-state index is -1.34. The molecule has 35 heavy (non-hydrogen) atoms. The fraction of sp³-hybridized carbons (Fsp3) is 0.273. The second kappa shape index (κ2) is 12.5. The molecule has 13 nitrogen and oxygen atoms in total. The minimum Gasteiger partial charge on any atom is -0.488 e. The first-order chi connectivity index (χ1) is 16.6. The monoisotopic (exact) mass is 489 g/mol. The Morgan fingerprint density at radius 1 is 0.743 bits per heavy atom. The Hall–Kier alpha value is -4.68. The maximum absolute atomic E-state index is 11.3. The smallest absolute Gasteiger partial charge is 0.335 e. The molecule has 0 aliphatic carbocycles. The molecule has 0 aromatic heterocycles. The number of carbonyl (C=O) groups is 4. The molecule has 0 fully saturated rings. The topological polar surface area (TPSA) is 196 Å². The van der Waals surface area contributed by atoms with E-state index in [2.05, 4.69) is 10.2 Å². The number of nitrogens with zero attached hydrogens (tertiary/aromatic N) is 2. The van der Waals surface area contributed by atoms with E-state index >= 15 is 0 Å². The lowest BCUT2D eigenvalue weighted by Gasteiger charge is -2.13. The van der Waals surface area contributed by atoms with Gasteiger partial charge in [0.05, 0.1) is 22.5 Å². The highest BCUT2D eigenvalue weighted by Gasteiger charge is 2.14. The third-order valence-corrected chi connectivity index (χ3v) is 4.07. The van der Waals surface area contributed by atoms with Gasteiger partial charge in [0.25, 0.3) is 0 Å². The first kappa shape index (κ1) is 26.6. The first-order valence-corrected chi connectivity index (χ1v) is 10.1. The molecule has 0 unspecified atom stereocenters. The molecule has 0 atom stereocenters. The van der Waals surface area contributed by atoms with E-state index in [0.29, 0.717) is 0 Å². The highest BCUT2D eigenvalue weighted by molar-refractivity contribution is 5.95. The van der Waals surface area contributed by atoms with E-state index in [-0.39, 0.29) is 66.1 Å². The number of benzene rings is 2. The highest BCUT2D eigenvalue weighted by atomic mass is 16.6. The summed E-state index contributed by atoms with van der Waals surface area (Å²) in [7, 11) is 0. The molecule has 2 rings (SSSR count). The number of carboxylic acids is 2. The minimum absolute atomic E-state index is 0.00432. The van der Waals surface area contributed by atoms with E-state index in [1.165, 1.54) is 26.0 Å². The van der Waals surface area contributed by atoms with Gasteiger partial charge >= 0.3 is 23.9 Å². The van der Waals surface area contributed by atoms with Gasteiger partial charge in [-0.2, -0.15) is 5.11 Å². The van der Waals surface area contributed by atoms with E-state index < -0.39 is 23.9 Å². The highest BCUT2D eigenvalue weighted by Crippen LogP contribution is 2.38. The van der Waals surface area contributed by atoms with Crippen LogP contribution in [0, 0.1) is 0 Å². The van der Waals surface area contributed by atoms with Crippen LogP contribution in [0.3, 0.4) is 0 Å². The van der Waals surface area contributed by atoms with Crippen molar-refractivity contribution in [3.05, 3.63) is 41.5 Å². The molecule has 2 aromatic carbocycles. The van der Waals surface area contributed by atoms with Gasteiger partial charge in [-0.15, -0.1) is 5.11 Å². The summed E-state index contributed by atoms with van der Waals surface area (Å²) in [6, 6.07) is 6.05. The summed E-state index contributed by atoms with van der Waals surface area (Å²) in [4.78, 5) is 44.5. The summed E-state index contributed by atoms with van der Waals surface area (Å²) < 4.78 is 20.7. The summed E-state index contributed by atoms with van der Waals surface area (Å²) in [5, 5.41) is 26.4. The molecule has 4 N–H and O–H groups in total. The zero-order chi connectivity index (χ0) is 26.0. The number of nitrogens with two attached hydrogens (primary N) is 1. The van der Waals surface area contributed by atoms with Crippen LogP contribution in [0.1, 0.15) is 34.6 Å². The summed E-state index contributed by atoms with van der Waals surface area (Å²) in [5.41, 5.74) is 5.64. The number of ether oxygens (including phenoxy) is 4. The number of esters is 2. The number of hydrogen-bond donors (Lipinski definition) is 3. The Bertz CT molecular complexity index is 1110. The van der Waals surface area contributed by atoms with Crippen LogP contribution in [-0.4, -0.2) is 60.5 Å². The Kier molecular flexibility index (Phi) is 9.51. The van der Waals surface area contributed by atoms with E-state index in [4.69, 9.17) is 24.7 Å². The maximum atomic E-state index is 11.3. The number of anilines is 1. The first-order valence-electron chi connectivity index (χ1n) is 10.1. The molecular weight excluding hydrogens is 466 g/mol. The zero-order valence-electron chi connectivity index (χ0n) is 18.8. The van der Waals surface area contributed by atoms with Crippen LogP contribution in [0.5, 0.6) is 11.5 Å². The molecule has 0 radical (unpaired) electrons. The predicted molar refractivity (Wildman–Crippen MR) is 120 cm³/mol. The fourth-order valence-corrected chi connectivity index (χ4v) is 2.59. The summed E-state index contributed by atoms with van der Waals surface area (Å²) in [6.45, 7) is 2.39. The van der Waals surface area contributed by atoms with Crippen molar-refractivity contribution in [1.82, 2.24) is 0 Å². The second-order valence-corrected chi connectivity index (χ2v) is 6.81. The molecule has 186 valence electrons. The van der Waals surface area contributed by atoms with Crippen LogP contribution in [0.15, 0.2) is 40.6 Å². The number of aromatic carboxylic acids is 2. The van der Waals surface area contributed by atoms with E-state index in [1.807, 2.05) is 0 Å². The average Bonchev–Trinajstić information content (AvgIpc) is 2.79. The molecule has 0 aliphatic heterocycles. The number of hydrogen-bond acceptors (Lipinski definition) is 11. The van der Waals surface area contributed by atoms with Crippen molar-refractivity contribution in [1.29, 1.82) is 0 Å². The van der Waals surface area contributed by atoms with Gasteiger partial charge in [-0.05, 0) is 18.2 Å². The van der Waals surface area contributed by atoms with Crippen LogP contribution in [-0.2, 0) is 19.1 Å². The van der Waals surface area contributed by atoms with Gasteiger partial charge in [0, 0.05) is 26.0 Å². The van der Waals surface area contributed by atoms with Crippen LogP contribution < -0.4 is 15.2 Å². The van der Waals surface area contributed by atoms with E-state index in [9.17, 15) is 29.4 Å². The molecule has 0 saturated heterocycles. The lowest BCUT2D eigenvalue weighted by molar-refractivity contribution is -0.142. The third-order valence-electron chi connectivity index (χ3n) is 4.07. The van der Waals surface area contributed by atoms with Crippen molar-refractivity contribution in [3.8, 4) is 11.5 Å². The number of carbonyl (C=O) groups excluding carboxylic acids is 2. The Labute approximate surface area is 199 Å². The molecule has 2 aromatic rings. The van der Waals surface area contributed by atoms with Gasteiger partial charge in [-0.1, -0.05) is 0 Å². The molecule has 0 aliphatic rings. The van der Waals surface area contributed by atoms with Crippen molar-refractivity contribution in [2.45, 2.75) is 13.8 Å². The predicted octanol–water partition coefficient (Wildman–Crippen LogP) is 2.96. The molecule has 0 heterocycles. The van der Waals surface area contributed by atoms with Gasteiger partial charge in [0.1, 0.15) is 43.6 Å². The molecular formula is C22H23N3O10. The number of azo groups is 1. The zero-order valence-corrected chi connectivity index (χ0v) is 18.8. The van der Waals surface area contributed by atoms with Crippen molar-refractivity contribution < 1.29 is 48.3 Å². The Morgan fingerprint density at radius 2 is 1.26 bits per heavy atom. The van der Waals surface area contributed by atoms with Crippen LogP contribution in [0.4, 0.5) is 17.1 Å². The number of carboxylic acid groups (broad SMARTS) is 2. The normalized spacial score (nSPS) is 10.6. The quantitative estimate of drug-likeness (QED) is 0.171. The van der Waals surface area contributed by atoms with E-state index in [0.717, 1.165) is 18.2 Å². The van der Waals surface area contributed by atoms with E-state index in [1.54, 1.807) is 0 Å². The molecule has 0 saturated carbocycles. The van der Waals surface area contributed by atoms with Crippen molar-refractivity contribution in [3.63, 3.8) is 0 Å². The molecule has 13 heteroatoms. The second-order valence-electron chi connectivity index (χ2n) is 6.81.